The van der Waals surface area contributed by atoms with E-state index in [1.54, 1.807) is 0 Å². The minimum atomic E-state index is -3.75. The summed E-state index contributed by atoms with van der Waals surface area (Å²) in [5.41, 5.74) is -1.36. The van der Waals surface area contributed by atoms with Gasteiger partial charge in [0.05, 0.1) is 11.4 Å². The number of rotatable bonds is 3. The van der Waals surface area contributed by atoms with Crippen molar-refractivity contribution in [1.82, 2.24) is 20.3 Å². The molecule has 2 aliphatic carbocycles. The van der Waals surface area contributed by atoms with Crippen LogP contribution in [0, 0.1) is 5.92 Å². The van der Waals surface area contributed by atoms with Crippen LogP contribution in [0.3, 0.4) is 0 Å². The molecule has 2 saturated carbocycles. The van der Waals surface area contributed by atoms with Gasteiger partial charge in [-0.15, -0.1) is 0 Å². The number of hydrogen-bond donors (Lipinski definition) is 4. The highest BCUT2D eigenvalue weighted by molar-refractivity contribution is 7.91. The van der Waals surface area contributed by atoms with Gasteiger partial charge in [-0.05, 0) is 38.5 Å². The summed E-state index contributed by atoms with van der Waals surface area (Å²) in [6, 6.07) is -1.35. The molecule has 3 fully saturated rings. The van der Waals surface area contributed by atoms with Crippen molar-refractivity contribution in [2.75, 3.05) is 13.1 Å². The maximum atomic E-state index is 13.1. The van der Waals surface area contributed by atoms with Crippen molar-refractivity contribution in [2.45, 2.75) is 74.3 Å². The van der Waals surface area contributed by atoms with Crippen molar-refractivity contribution < 1.29 is 27.9 Å². The Kier molecular flexibility index (Phi) is 5.99. The number of nitrogens with zero attached hydrogens (tertiary/aromatic N) is 1. The molecule has 0 spiro atoms. The van der Waals surface area contributed by atoms with Gasteiger partial charge < -0.3 is 20.6 Å². The standard InChI is InChI=1S/C20H30N4O6S/c25-14-10-16-17(26)22-20(18(27)23-31(29,30)15-7-8-15)11-13(20)6-4-2-1-3-5-9-21-19(28)24(16)12-14/h4,6,13-16,25H,1-3,5,7-12H2,(H,21,28)(H,22,26)(H,23,27)/b6-4-/t13-,14-,16+,20-/m1/s1. The van der Waals surface area contributed by atoms with Gasteiger partial charge in [0.15, 0.2) is 0 Å². The van der Waals surface area contributed by atoms with Gasteiger partial charge >= 0.3 is 6.03 Å². The molecule has 2 heterocycles. The molecule has 4 aliphatic rings. The summed E-state index contributed by atoms with van der Waals surface area (Å²) < 4.78 is 26.8. The summed E-state index contributed by atoms with van der Waals surface area (Å²) in [5, 5.41) is 15.0. The number of amides is 4. The molecular formula is C20H30N4O6S. The van der Waals surface area contributed by atoms with Gasteiger partial charge in [-0.1, -0.05) is 18.6 Å². The average Bonchev–Trinajstić information content (AvgIpc) is 3.61. The molecule has 4 amide bonds. The Morgan fingerprint density at radius 1 is 1.23 bits per heavy atom. The van der Waals surface area contributed by atoms with Crippen molar-refractivity contribution in [1.29, 1.82) is 0 Å². The van der Waals surface area contributed by atoms with Gasteiger partial charge in [0.25, 0.3) is 5.91 Å². The molecule has 0 aromatic rings. The van der Waals surface area contributed by atoms with Crippen molar-refractivity contribution in [3.63, 3.8) is 0 Å². The first-order valence-corrected chi connectivity index (χ1v) is 12.5. The molecule has 1 saturated heterocycles. The predicted octanol–water partition coefficient (Wildman–Crippen LogP) is -0.255. The molecule has 4 atom stereocenters. The van der Waals surface area contributed by atoms with E-state index in [0.29, 0.717) is 25.8 Å². The van der Waals surface area contributed by atoms with E-state index in [2.05, 4.69) is 15.4 Å². The van der Waals surface area contributed by atoms with E-state index >= 15 is 0 Å². The molecule has 0 bridgehead atoms. The largest absolute Gasteiger partial charge is 0.391 e. The van der Waals surface area contributed by atoms with Crippen LogP contribution in [0.25, 0.3) is 0 Å². The van der Waals surface area contributed by atoms with Crippen LogP contribution < -0.4 is 15.4 Å². The normalized spacial score (nSPS) is 35.5. The third-order valence-electron chi connectivity index (χ3n) is 6.50. The Bertz CT molecular complexity index is 886. The highest BCUT2D eigenvalue weighted by atomic mass is 32.2. The topological polar surface area (TPSA) is 145 Å². The Labute approximate surface area is 181 Å². The molecule has 10 nitrogen and oxygen atoms in total. The molecule has 4 rings (SSSR count). The third-order valence-corrected chi connectivity index (χ3v) is 8.32. The zero-order chi connectivity index (χ0) is 22.2. The van der Waals surface area contributed by atoms with Crippen LogP contribution in [0.2, 0.25) is 0 Å². The summed E-state index contributed by atoms with van der Waals surface area (Å²) in [4.78, 5) is 39.9. The maximum Gasteiger partial charge on any atom is 0.318 e. The van der Waals surface area contributed by atoms with Crippen LogP contribution in [0.1, 0.15) is 51.4 Å². The number of nitrogens with one attached hydrogen (secondary N) is 3. The first-order valence-electron chi connectivity index (χ1n) is 11.0. The van der Waals surface area contributed by atoms with Crippen LogP contribution >= 0.6 is 0 Å². The molecule has 0 unspecified atom stereocenters. The maximum absolute atomic E-state index is 13.1. The SMILES string of the molecule is O=C1N[C@]2(C(=O)NS(=O)(=O)C3CC3)C[C@H]2/C=C\CCCCCNC(=O)N2C[C@H](O)C[C@@H]12. The molecule has 0 aromatic heterocycles. The second kappa shape index (κ2) is 8.42. The minimum absolute atomic E-state index is 0.0303. The Balaban J connectivity index is 1.56. The van der Waals surface area contributed by atoms with E-state index in [0.717, 1.165) is 25.7 Å². The number of fused-ring (bicyclic) bond motifs is 2. The summed E-state index contributed by atoms with van der Waals surface area (Å²) in [6.45, 7) is 0.514. The summed E-state index contributed by atoms with van der Waals surface area (Å²) in [6.07, 6.45) is 7.86. The van der Waals surface area contributed by atoms with Crippen LogP contribution in [0.15, 0.2) is 12.2 Å². The van der Waals surface area contributed by atoms with Crippen LogP contribution in [-0.2, 0) is 19.6 Å². The molecule has 11 heteroatoms. The van der Waals surface area contributed by atoms with Gasteiger partial charge in [-0.3, -0.25) is 14.3 Å². The third kappa shape index (κ3) is 4.72. The fraction of sp³-hybridized carbons (Fsp3) is 0.750. The zero-order valence-electron chi connectivity index (χ0n) is 17.4. The molecule has 0 radical (unpaired) electrons. The summed E-state index contributed by atoms with van der Waals surface area (Å²) in [5.74, 6) is -1.61. The smallest absolute Gasteiger partial charge is 0.318 e. The zero-order valence-corrected chi connectivity index (χ0v) is 18.2. The Morgan fingerprint density at radius 3 is 2.74 bits per heavy atom. The van der Waals surface area contributed by atoms with E-state index in [-0.39, 0.29) is 18.9 Å². The van der Waals surface area contributed by atoms with Gasteiger partial charge in [-0.2, -0.15) is 0 Å². The average molecular weight is 455 g/mol. The molecule has 2 aliphatic heterocycles. The van der Waals surface area contributed by atoms with Gasteiger partial charge in [-0.25, -0.2) is 13.2 Å². The number of allylic oxidation sites excluding steroid dienone is 1. The number of aliphatic hydroxyl groups excluding tert-OH is 1. The van der Waals surface area contributed by atoms with E-state index in [9.17, 15) is 27.9 Å². The minimum Gasteiger partial charge on any atom is -0.391 e. The monoisotopic (exact) mass is 454 g/mol. The number of hydrogen-bond acceptors (Lipinski definition) is 6. The lowest BCUT2D eigenvalue weighted by Gasteiger charge is -2.26. The molecule has 4 N–H and O–H groups in total. The fourth-order valence-electron chi connectivity index (χ4n) is 4.38. The van der Waals surface area contributed by atoms with Crippen molar-refractivity contribution in [3.8, 4) is 0 Å². The first-order chi connectivity index (χ1) is 14.7. The fourth-order valence-corrected chi connectivity index (χ4v) is 5.74. The predicted molar refractivity (Wildman–Crippen MR) is 111 cm³/mol. The number of carbonyl (C=O) groups is 3. The van der Waals surface area contributed by atoms with E-state index in [4.69, 9.17) is 0 Å². The Hall–Kier alpha value is -2.14. The molecule has 31 heavy (non-hydrogen) atoms. The number of carbonyl (C=O) groups excluding carboxylic acids is 3. The van der Waals surface area contributed by atoms with E-state index in [1.807, 2.05) is 12.2 Å². The first kappa shape index (κ1) is 22.1. The lowest BCUT2D eigenvalue weighted by atomic mass is 10.1. The van der Waals surface area contributed by atoms with Crippen LogP contribution in [-0.4, -0.2) is 72.3 Å². The van der Waals surface area contributed by atoms with Crippen molar-refractivity contribution in [3.05, 3.63) is 12.2 Å². The van der Waals surface area contributed by atoms with Gasteiger partial charge in [0, 0.05) is 25.4 Å². The summed E-state index contributed by atoms with van der Waals surface area (Å²) >= 11 is 0. The molecule has 0 aromatic carbocycles. The summed E-state index contributed by atoms with van der Waals surface area (Å²) in [7, 11) is -3.75. The number of sulfonamides is 1. The van der Waals surface area contributed by atoms with Gasteiger partial charge in [0.1, 0.15) is 11.6 Å². The second-order valence-electron chi connectivity index (χ2n) is 9.01. The van der Waals surface area contributed by atoms with Crippen LogP contribution in [0.4, 0.5) is 4.79 Å². The van der Waals surface area contributed by atoms with Crippen molar-refractivity contribution in [2.24, 2.45) is 5.92 Å². The van der Waals surface area contributed by atoms with Crippen molar-refractivity contribution >= 4 is 27.9 Å². The van der Waals surface area contributed by atoms with E-state index < -0.39 is 50.8 Å². The number of urea groups is 1. The quantitative estimate of drug-likeness (QED) is 0.433. The molecule has 172 valence electrons. The Morgan fingerprint density at radius 2 is 2.00 bits per heavy atom. The second-order valence-corrected chi connectivity index (χ2v) is 11.0. The molecular weight excluding hydrogens is 424 g/mol. The number of aliphatic hydroxyl groups is 1. The lowest BCUT2D eigenvalue weighted by molar-refractivity contribution is -0.131. The lowest BCUT2D eigenvalue weighted by Crippen LogP contribution is -2.57. The highest BCUT2D eigenvalue weighted by Crippen LogP contribution is 2.46. The van der Waals surface area contributed by atoms with E-state index in [1.165, 1.54) is 4.90 Å². The van der Waals surface area contributed by atoms with Gasteiger partial charge in [0.2, 0.25) is 15.9 Å². The van der Waals surface area contributed by atoms with Crippen LogP contribution in [0.5, 0.6) is 0 Å². The highest BCUT2D eigenvalue weighted by Gasteiger charge is 2.62.